The number of rotatable bonds is 7. The first-order valence-electron chi connectivity index (χ1n) is 11.5. The Kier molecular flexibility index (Phi) is 7.26. The van der Waals surface area contributed by atoms with E-state index < -0.39 is 6.10 Å². The molecule has 0 amide bonds. The van der Waals surface area contributed by atoms with Crippen LogP contribution in [0.3, 0.4) is 0 Å². The zero-order valence-corrected chi connectivity index (χ0v) is 19.5. The molecule has 2 aromatic carbocycles. The number of hydrogen-bond acceptors (Lipinski definition) is 2. The Morgan fingerprint density at radius 3 is 2.37 bits per heavy atom. The minimum absolute atomic E-state index is 0.0103. The second-order valence-corrected chi connectivity index (χ2v) is 10.5. The standard InChI is InChI=1S/C27H40NO2/c1-21-13-15-28(16-14-21,18-23-9-7-6-8-10-23)19-24(29)20-30-26-12-11-22(2)17-25(26)27(3,4)5/h6-12,17,21,24,29H,13-16,18-20H2,1-5H3/q+1/t21?,24-,28?/m0/s1. The molecule has 3 nitrogen and oxygen atoms in total. The van der Waals surface area contributed by atoms with Crippen LogP contribution < -0.4 is 4.74 Å². The van der Waals surface area contributed by atoms with E-state index in [0.717, 1.165) is 42.3 Å². The normalized spacial score (nSPS) is 23.2. The van der Waals surface area contributed by atoms with Crippen LogP contribution in [0.4, 0.5) is 0 Å². The molecule has 30 heavy (non-hydrogen) atoms. The number of benzene rings is 2. The van der Waals surface area contributed by atoms with Gasteiger partial charge >= 0.3 is 0 Å². The quantitative estimate of drug-likeness (QED) is 0.613. The summed E-state index contributed by atoms with van der Waals surface area (Å²) in [5.41, 5.74) is 3.81. The van der Waals surface area contributed by atoms with Crippen molar-refractivity contribution in [3.8, 4) is 5.75 Å². The number of nitrogens with zero attached hydrogens (tertiary/aromatic N) is 1. The molecule has 0 spiro atoms. The van der Waals surface area contributed by atoms with Gasteiger partial charge in [-0.25, -0.2) is 0 Å². The van der Waals surface area contributed by atoms with Crippen molar-refractivity contribution in [2.75, 3.05) is 26.2 Å². The molecular formula is C27H40NO2+. The highest BCUT2D eigenvalue weighted by Crippen LogP contribution is 2.32. The molecule has 3 rings (SSSR count). The Labute approximate surface area is 183 Å². The second kappa shape index (κ2) is 9.53. The van der Waals surface area contributed by atoms with Crippen molar-refractivity contribution in [3.05, 3.63) is 65.2 Å². The smallest absolute Gasteiger partial charge is 0.137 e. The van der Waals surface area contributed by atoms with Crippen molar-refractivity contribution in [1.82, 2.24) is 0 Å². The summed E-state index contributed by atoms with van der Waals surface area (Å²) < 4.78 is 7.14. The van der Waals surface area contributed by atoms with Gasteiger partial charge in [-0.1, -0.05) is 75.7 Å². The van der Waals surface area contributed by atoms with Crippen molar-refractivity contribution < 1.29 is 14.3 Å². The minimum atomic E-state index is -0.476. The third-order valence-electron chi connectivity index (χ3n) is 6.53. The molecule has 0 aromatic heterocycles. The number of likely N-dealkylation sites (tertiary alicyclic amines) is 1. The molecule has 1 atom stereocenters. The van der Waals surface area contributed by atoms with Crippen LogP contribution in [0.5, 0.6) is 5.75 Å². The summed E-state index contributed by atoms with van der Waals surface area (Å²) in [6.45, 7) is 15.4. The van der Waals surface area contributed by atoms with Crippen LogP contribution in [0, 0.1) is 12.8 Å². The number of hydrogen-bond donors (Lipinski definition) is 1. The molecule has 1 fully saturated rings. The van der Waals surface area contributed by atoms with Crippen LogP contribution in [0.2, 0.25) is 0 Å². The lowest BCUT2D eigenvalue weighted by molar-refractivity contribution is -0.948. The van der Waals surface area contributed by atoms with Gasteiger partial charge in [-0.2, -0.15) is 0 Å². The molecule has 1 aliphatic heterocycles. The van der Waals surface area contributed by atoms with E-state index in [1.807, 2.05) is 0 Å². The van der Waals surface area contributed by atoms with E-state index in [-0.39, 0.29) is 5.41 Å². The van der Waals surface area contributed by atoms with Crippen molar-refractivity contribution >= 4 is 0 Å². The lowest BCUT2D eigenvalue weighted by Gasteiger charge is -2.44. The number of ether oxygens (including phenoxy) is 1. The predicted octanol–water partition coefficient (Wildman–Crippen LogP) is 5.48. The molecule has 0 bridgehead atoms. The summed E-state index contributed by atoms with van der Waals surface area (Å²) in [6.07, 6.45) is 1.98. The zero-order valence-electron chi connectivity index (χ0n) is 19.5. The fourth-order valence-electron chi connectivity index (χ4n) is 4.66. The van der Waals surface area contributed by atoms with Crippen molar-refractivity contribution in [2.24, 2.45) is 5.92 Å². The first-order valence-corrected chi connectivity index (χ1v) is 11.5. The highest BCUT2D eigenvalue weighted by molar-refractivity contribution is 5.41. The maximum absolute atomic E-state index is 11.0. The van der Waals surface area contributed by atoms with Gasteiger partial charge in [0.05, 0.1) is 13.1 Å². The largest absolute Gasteiger partial charge is 0.490 e. The number of aryl methyl sites for hydroxylation is 1. The number of aliphatic hydroxyl groups excluding tert-OH is 1. The van der Waals surface area contributed by atoms with Gasteiger partial charge in [0, 0.05) is 5.56 Å². The van der Waals surface area contributed by atoms with Crippen molar-refractivity contribution in [1.29, 1.82) is 0 Å². The third-order valence-corrected chi connectivity index (χ3v) is 6.53. The van der Waals surface area contributed by atoms with E-state index in [0.29, 0.717) is 6.61 Å². The summed E-state index contributed by atoms with van der Waals surface area (Å²) >= 11 is 0. The summed E-state index contributed by atoms with van der Waals surface area (Å²) in [6, 6.07) is 17.1. The van der Waals surface area contributed by atoms with Crippen LogP contribution in [0.15, 0.2) is 48.5 Å². The van der Waals surface area contributed by atoms with Gasteiger partial charge in [0.1, 0.15) is 31.5 Å². The van der Waals surface area contributed by atoms with E-state index in [2.05, 4.69) is 83.1 Å². The molecule has 164 valence electrons. The maximum Gasteiger partial charge on any atom is 0.137 e. The highest BCUT2D eigenvalue weighted by atomic mass is 16.5. The molecule has 1 aliphatic rings. The van der Waals surface area contributed by atoms with Crippen LogP contribution in [0.1, 0.15) is 57.2 Å². The van der Waals surface area contributed by atoms with Gasteiger partial charge < -0.3 is 14.3 Å². The molecule has 2 aromatic rings. The Morgan fingerprint density at radius 1 is 1.07 bits per heavy atom. The molecule has 1 saturated heterocycles. The zero-order chi connectivity index (χ0) is 21.8. The average molecular weight is 411 g/mol. The number of aliphatic hydroxyl groups is 1. The van der Waals surface area contributed by atoms with Gasteiger partial charge in [0.2, 0.25) is 0 Å². The van der Waals surface area contributed by atoms with E-state index in [1.54, 1.807) is 0 Å². The Hall–Kier alpha value is -1.84. The van der Waals surface area contributed by atoms with Gasteiger partial charge in [-0.3, -0.25) is 0 Å². The number of piperidine rings is 1. The summed E-state index contributed by atoms with van der Waals surface area (Å²) in [5, 5.41) is 11.0. The Balaban J connectivity index is 1.69. The Morgan fingerprint density at radius 2 is 1.73 bits per heavy atom. The average Bonchev–Trinajstić information content (AvgIpc) is 2.69. The molecule has 1 N–H and O–H groups in total. The molecule has 0 radical (unpaired) electrons. The lowest BCUT2D eigenvalue weighted by atomic mass is 9.85. The van der Waals surface area contributed by atoms with Crippen LogP contribution in [0.25, 0.3) is 0 Å². The molecular weight excluding hydrogens is 370 g/mol. The van der Waals surface area contributed by atoms with E-state index in [4.69, 9.17) is 4.74 Å². The van der Waals surface area contributed by atoms with Gasteiger partial charge in [-0.05, 0) is 42.7 Å². The topological polar surface area (TPSA) is 29.5 Å². The van der Waals surface area contributed by atoms with Gasteiger partial charge in [-0.15, -0.1) is 0 Å². The SMILES string of the molecule is Cc1ccc(OC[C@@H](O)C[N+]2(Cc3ccccc3)CCC(C)CC2)c(C(C)(C)C)c1. The van der Waals surface area contributed by atoms with E-state index >= 15 is 0 Å². The summed E-state index contributed by atoms with van der Waals surface area (Å²) in [4.78, 5) is 0. The highest BCUT2D eigenvalue weighted by Gasteiger charge is 2.35. The lowest BCUT2D eigenvalue weighted by Crippen LogP contribution is -2.56. The fraction of sp³-hybridized carbons (Fsp3) is 0.556. The number of quaternary nitrogens is 1. The summed E-state index contributed by atoms with van der Waals surface area (Å²) in [7, 11) is 0. The third kappa shape index (κ3) is 6.09. The van der Waals surface area contributed by atoms with E-state index in [9.17, 15) is 5.11 Å². The van der Waals surface area contributed by atoms with Crippen molar-refractivity contribution in [3.63, 3.8) is 0 Å². The molecule has 0 unspecified atom stereocenters. The summed E-state index contributed by atoms with van der Waals surface area (Å²) in [5.74, 6) is 1.68. The predicted molar refractivity (Wildman–Crippen MR) is 125 cm³/mol. The Bertz CT molecular complexity index is 801. The first-order chi connectivity index (χ1) is 14.2. The van der Waals surface area contributed by atoms with Gasteiger partial charge in [0.25, 0.3) is 0 Å². The molecule has 0 aliphatic carbocycles. The molecule has 3 heteroatoms. The first kappa shape index (κ1) is 22.8. The van der Waals surface area contributed by atoms with Crippen molar-refractivity contribution in [2.45, 2.75) is 65.5 Å². The monoisotopic (exact) mass is 410 g/mol. The molecule has 1 heterocycles. The van der Waals surface area contributed by atoms with Crippen LogP contribution in [-0.4, -0.2) is 41.9 Å². The second-order valence-electron chi connectivity index (χ2n) is 10.5. The fourth-order valence-corrected chi connectivity index (χ4v) is 4.66. The maximum atomic E-state index is 11.0. The molecule has 0 saturated carbocycles. The van der Waals surface area contributed by atoms with Crippen LogP contribution in [-0.2, 0) is 12.0 Å². The van der Waals surface area contributed by atoms with Crippen LogP contribution >= 0.6 is 0 Å². The van der Waals surface area contributed by atoms with E-state index in [1.165, 1.54) is 29.5 Å². The minimum Gasteiger partial charge on any atom is -0.490 e. The van der Waals surface area contributed by atoms with Gasteiger partial charge in [0.15, 0.2) is 0 Å².